The predicted molar refractivity (Wildman–Crippen MR) is 94.5 cm³/mol. The van der Waals surface area contributed by atoms with Crippen LogP contribution in [0.4, 0.5) is 5.82 Å². The first kappa shape index (κ1) is 17.2. The van der Waals surface area contributed by atoms with Crippen molar-refractivity contribution in [3.05, 3.63) is 23.9 Å². The van der Waals surface area contributed by atoms with E-state index in [9.17, 15) is 4.79 Å². The Hall–Kier alpha value is -1.66. The highest BCUT2D eigenvalue weighted by molar-refractivity contribution is 5.98. The van der Waals surface area contributed by atoms with Gasteiger partial charge >= 0.3 is 0 Å². The van der Waals surface area contributed by atoms with Gasteiger partial charge in [0.1, 0.15) is 5.82 Å². The Morgan fingerprint density at radius 3 is 2.75 bits per heavy atom. The van der Waals surface area contributed by atoms with Crippen molar-refractivity contribution in [3.63, 3.8) is 0 Å². The van der Waals surface area contributed by atoms with Gasteiger partial charge in [-0.15, -0.1) is 0 Å². The highest BCUT2D eigenvalue weighted by atomic mass is 16.5. The van der Waals surface area contributed by atoms with Crippen molar-refractivity contribution in [2.24, 2.45) is 0 Å². The monoisotopic (exact) mass is 332 g/mol. The standard InChI is InChI=1S/C18H28N4O2/c1-2-15(21-8-3-4-9-21)14-20-18(23)16-6-5-7-19-17(16)22-10-12-24-13-11-22/h5-7,15H,2-4,8-14H2,1H3,(H,20,23)/t15-/m1/s1. The SMILES string of the molecule is CC[C@H](CNC(=O)c1cccnc1N1CCOCC1)N1CCCC1. The largest absolute Gasteiger partial charge is 0.378 e. The number of nitrogens with zero attached hydrogens (tertiary/aromatic N) is 3. The molecule has 0 saturated carbocycles. The van der Waals surface area contributed by atoms with Gasteiger partial charge in [-0.2, -0.15) is 0 Å². The minimum atomic E-state index is -0.0257. The van der Waals surface area contributed by atoms with Crippen LogP contribution in [-0.4, -0.2) is 67.8 Å². The Kier molecular flexibility index (Phi) is 6.04. The molecule has 0 aliphatic carbocycles. The third-order valence-corrected chi connectivity index (χ3v) is 4.97. The Balaban J connectivity index is 1.64. The average molecular weight is 332 g/mol. The van der Waals surface area contributed by atoms with E-state index >= 15 is 0 Å². The van der Waals surface area contributed by atoms with Crippen LogP contribution in [0.25, 0.3) is 0 Å². The second-order valence-corrected chi connectivity index (χ2v) is 6.49. The summed E-state index contributed by atoms with van der Waals surface area (Å²) in [6.07, 6.45) is 5.35. The molecule has 2 aliphatic heterocycles. The van der Waals surface area contributed by atoms with Crippen molar-refractivity contribution < 1.29 is 9.53 Å². The quantitative estimate of drug-likeness (QED) is 0.856. The topological polar surface area (TPSA) is 57.7 Å². The van der Waals surface area contributed by atoms with E-state index in [1.165, 1.54) is 12.8 Å². The van der Waals surface area contributed by atoms with Gasteiger partial charge in [0.25, 0.3) is 5.91 Å². The fourth-order valence-electron chi connectivity index (χ4n) is 3.55. The molecule has 1 aromatic heterocycles. The average Bonchev–Trinajstić information content (AvgIpc) is 3.17. The lowest BCUT2D eigenvalue weighted by molar-refractivity contribution is 0.0935. The van der Waals surface area contributed by atoms with E-state index in [0.717, 1.165) is 38.4 Å². The minimum Gasteiger partial charge on any atom is -0.378 e. The van der Waals surface area contributed by atoms with E-state index in [0.29, 0.717) is 31.4 Å². The lowest BCUT2D eigenvalue weighted by Crippen LogP contribution is -2.43. The maximum Gasteiger partial charge on any atom is 0.255 e. The summed E-state index contributed by atoms with van der Waals surface area (Å²) in [5.74, 6) is 0.745. The van der Waals surface area contributed by atoms with Crippen LogP contribution in [0, 0.1) is 0 Å². The van der Waals surface area contributed by atoms with Crippen LogP contribution in [0.15, 0.2) is 18.3 Å². The number of hydrogen-bond donors (Lipinski definition) is 1. The summed E-state index contributed by atoms with van der Waals surface area (Å²) in [5, 5.41) is 3.13. The van der Waals surface area contributed by atoms with Crippen molar-refractivity contribution in [2.75, 3.05) is 50.8 Å². The maximum absolute atomic E-state index is 12.7. The van der Waals surface area contributed by atoms with Gasteiger partial charge in [0, 0.05) is 31.9 Å². The normalized spacial score (nSPS) is 20.1. The molecular formula is C18H28N4O2. The molecule has 3 heterocycles. The van der Waals surface area contributed by atoms with E-state index in [1.54, 1.807) is 6.20 Å². The van der Waals surface area contributed by atoms with E-state index < -0.39 is 0 Å². The second-order valence-electron chi connectivity index (χ2n) is 6.49. The lowest BCUT2D eigenvalue weighted by Gasteiger charge is -2.29. The Morgan fingerprint density at radius 1 is 1.29 bits per heavy atom. The molecule has 6 heteroatoms. The Morgan fingerprint density at radius 2 is 2.04 bits per heavy atom. The molecule has 2 fully saturated rings. The van der Waals surface area contributed by atoms with Gasteiger partial charge in [-0.3, -0.25) is 9.69 Å². The first-order valence-electron chi connectivity index (χ1n) is 9.09. The fourth-order valence-corrected chi connectivity index (χ4v) is 3.55. The number of amides is 1. The third-order valence-electron chi connectivity index (χ3n) is 4.97. The van der Waals surface area contributed by atoms with Crippen molar-refractivity contribution in [3.8, 4) is 0 Å². The number of carbonyl (C=O) groups is 1. The molecule has 24 heavy (non-hydrogen) atoms. The zero-order valence-corrected chi connectivity index (χ0v) is 14.5. The number of hydrogen-bond acceptors (Lipinski definition) is 5. The molecule has 6 nitrogen and oxygen atoms in total. The fraction of sp³-hybridized carbons (Fsp3) is 0.667. The number of nitrogens with one attached hydrogen (secondary N) is 1. The van der Waals surface area contributed by atoms with Gasteiger partial charge < -0.3 is 15.0 Å². The lowest BCUT2D eigenvalue weighted by atomic mass is 10.1. The van der Waals surface area contributed by atoms with Crippen LogP contribution in [0.2, 0.25) is 0 Å². The van der Waals surface area contributed by atoms with Gasteiger partial charge in [0.05, 0.1) is 18.8 Å². The van der Waals surface area contributed by atoms with Crippen LogP contribution in [-0.2, 0) is 4.74 Å². The molecule has 0 bridgehead atoms. The Bertz CT molecular complexity index is 540. The molecule has 0 unspecified atom stereocenters. The number of ether oxygens (including phenoxy) is 1. The first-order chi connectivity index (χ1) is 11.8. The highest BCUT2D eigenvalue weighted by Crippen LogP contribution is 2.19. The summed E-state index contributed by atoms with van der Waals surface area (Å²) in [5.41, 5.74) is 0.663. The first-order valence-corrected chi connectivity index (χ1v) is 9.09. The molecule has 2 saturated heterocycles. The number of rotatable bonds is 6. The van der Waals surface area contributed by atoms with Crippen molar-refractivity contribution in [1.29, 1.82) is 0 Å². The third kappa shape index (κ3) is 4.05. The number of anilines is 1. The number of pyridine rings is 1. The van der Waals surface area contributed by atoms with Gasteiger partial charge in [-0.25, -0.2) is 4.98 Å². The van der Waals surface area contributed by atoms with Gasteiger partial charge in [-0.1, -0.05) is 6.92 Å². The number of morpholine rings is 1. The number of likely N-dealkylation sites (tertiary alicyclic amines) is 1. The summed E-state index contributed by atoms with van der Waals surface area (Å²) >= 11 is 0. The number of carbonyl (C=O) groups excluding carboxylic acids is 1. The molecule has 2 aliphatic rings. The van der Waals surface area contributed by atoms with E-state index in [1.807, 2.05) is 12.1 Å². The summed E-state index contributed by atoms with van der Waals surface area (Å²) < 4.78 is 5.40. The smallest absolute Gasteiger partial charge is 0.255 e. The summed E-state index contributed by atoms with van der Waals surface area (Å²) in [4.78, 5) is 21.8. The van der Waals surface area contributed by atoms with Gasteiger partial charge in [-0.05, 0) is 44.5 Å². The van der Waals surface area contributed by atoms with E-state index in [-0.39, 0.29) is 5.91 Å². The zero-order valence-electron chi connectivity index (χ0n) is 14.5. The maximum atomic E-state index is 12.7. The second kappa shape index (κ2) is 8.44. The molecule has 1 atom stereocenters. The van der Waals surface area contributed by atoms with Crippen LogP contribution in [0.3, 0.4) is 0 Å². The summed E-state index contributed by atoms with van der Waals surface area (Å²) in [7, 11) is 0. The molecule has 132 valence electrons. The summed E-state index contributed by atoms with van der Waals surface area (Å²) in [6.45, 7) is 8.13. The molecule has 0 radical (unpaired) electrons. The predicted octanol–water partition coefficient (Wildman–Crippen LogP) is 1.52. The van der Waals surface area contributed by atoms with Gasteiger partial charge in [0.15, 0.2) is 0 Å². The highest BCUT2D eigenvalue weighted by Gasteiger charge is 2.23. The molecule has 0 aromatic carbocycles. The van der Waals surface area contributed by atoms with Crippen LogP contribution >= 0.6 is 0 Å². The van der Waals surface area contributed by atoms with Crippen LogP contribution < -0.4 is 10.2 Å². The van der Waals surface area contributed by atoms with Crippen LogP contribution in [0.5, 0.6) is 0 Å². The Labute approximate surface area is 144 Å². The molecule has 1 aromatic rings. The molecule has 1 N–H and O–H groups in total. The summed E-state index contributed by atoms with van der Waals surface area (Å²) in [6, 6.07) is 4.13. The molecule has 3 rings (SSSR count). The molecule has 1 amide bonds. The zero-order chi connectivity index (χ0) is 16.8. The minimum absolute atomic E-state index is 0.0257. The van der Waals surface area contributed by atoms with Crippen molar-refractivity contribution in [2.45, 2.75) is 32.2 Å². The van der Waals surface area contributed by atoms with E-state index in [2.05, 4.69) is 27.0 Å². The molecule has 0 spiro atoms. The van der Waals surface area contributed by atoms with Crippen LogP contribution in [0.1, 0.15) is 36.5 Å². The van der Waals surface area contributed by atoms with Crippen molar-refractivity contribution in [1.82, 2.24) is 15.2 Å². The molecular weight excluding hydrogens is 304 g/mol. The van der Waals surface area contributed by atoms with Gasteiger partial charge in [0.2, 0.25) is 0 Å². The van der Waals surface area contributed by atoms with Crippen molar-refractivity contribution >= 4 is 11.7 Å². The number of aromatic nitrogens is 1. The van der Waals surface area contributed by atoms with E-state index in [4.69, 9.17) is 4.74 Å².